The lowest BCUT2D eigenvalue weighted by Crippen LogP contribution is -2.56. The molecule has 3 rings (SSSR count). The van der Waals surface area contributed by atoms with Crippen LogP contribution in [0.4, 0.5) is 0 Å². The van der Waals surface area contributed by atoms with Crippen molar-refractivity contribution in [3.8, 4) is 0 Å². The summed E-state index contributed by atoms with van der Waals surface area (Å²) in [6.07, 6.45) is -1.84. The van der Waals surface area contributed by atoms with Crippen molar-refractivity contribution in [2.45, 2.75) is 24.8 Å². The molecule has 0 bridgehead atoms. The monoisotopic (exact) mass is 260 g/mol. The Morgan fingerprint density at radius 3 is 2.78 bits per heavy atom. The third kappa shape index (κ3) is 1.45. The van der Waals surface area contributed by atoms with Gasteiger partial charge >= 0.3 is 5.97 Å². The van der Waals surface area contributed by atoms with E-state index in [1.165, 1.54) is 7.11 Å². The molecule has 0 radical (unpaired) electrons. The standard InChI is InChI=1S/C11H16O7/c1-16-9(13)7-4-2-6(12)5-3-17-11(15,8(4)5)18-10(7)14/h4-8,10,12,14-15H,2-3H2,1H3/t4-,5-,6?,7?,8+,10?,11-/m1/s1. The van der Waals surface area contributed by atoms with Crippen LogP contribution < -0.4 is 0 Å². The molecule has 102 valence electrons. The molecule has 0 aromatic rings. The number of rotatable bonds is 1. The first kappa shape index (κ1) is 12.3. The first-order valence-electron chi connectivity index (χ1n) is 5.96. The van der Waals surface area contributed by atoms with E-state index in [1.54, 1.807) is 0 Å². The van der Waals surface area contributed by atoms with E-state index in [2.05, 4.69) is 4.74 Å². The molecule has 7 heteroatoms. The topological polar surface area (TPSA) is 105 Å². The van der Waals surface area contributed by atoms with E-state index >= 15 is 0 Å². The third-order valence-electron chi connectivity index (χ3n) is 4.37. The van der Waals surface area contributed by atoms with Crippen molar-refractivity contribution in [3.63, 3.8) is 0 Å². The Morgan fingerprint density at radius 2 is 2.11 bits per heavy atom. The molecule has 0 aromatic carbocycles. The van der Waals surface area contributed by atoms with Crippen LogP contribution in [0.1, 0.15) is 6.42 Å². The number of aliphatic hydroxyl groups is 3. The van der Waals surface area contributed by atoms with Crippen molar-refractivity contribution in [3.05, 3.63) is 0 Å². The zero-order valence-electron chi connectivity index (χ0n) is 9.85. The number of carbonyl (C=O) groups excluding carboxylic acids is 1. The minimum atomic E-state index is -1.91. The van der Waals surface area contributed by atoms with E-state index in [9.17, 15) is 20.1 Å². The SMILES string of the molecule is COC(=O)C1C(O)O[C@]2(O)OC[C@@H]3C(O)C[C@H]1[C@@H]32. The normalized spacial score (nSPS) is 54.2. The zero-order valence-corrected chi connectivity index (χ0v) is 9.85. The number of hydrogen-bond acceptors (Lipinski definition) is 7. The molecular weight excluding hydrogens is 244 g/mol. The summed E-state index contributed by atoms with van der Waals surface area (Å²) in [4.78, 5) is 11.7. The average Bonchev–Trinajstić information content (AvgIpc) is 2.81. The fraction of sp³-hybridized carbons (Fsp3) is 0.909. The van der Waals surface area contributed by atoms with E-state index in [0.29, 0.717) is 6.42 Å². The maximum Gasteiger partial charge on any atom is 0.314 e. The van der Waals surface area contributed by atoms with Crippen molar-refractivity contribution >= 4 is 5.97 Å². The van der Waals surface area contributed by atoms with Crippen LogP contribution in [0, 0.1) is 23.7 Å². The maximum atomic E-state index is 11.7. The molecule has 2 heterocycles. The Bertz CT molecular complexity index is 372. The Kier molecular flexibility index (Phi) is 2.65. The van der Waals surface area contributed by atoms with Gasteiger partial charge in [-0.15, -0.1) is 0 Å². The van der Waals surface area contributed by atoms with E-state index in [-0.39, 0.29) is 12.5 Å². The van der Waals surface area contributed by atoms with E-state index in [0.717, 1.165) is 0 Å². The van der Waals surface area contributed by atoms with Crippen LogP contribution in [0.5, 0.6) is 0 Å². The van der Waals surface area contributed by atoms with Crippen LogP contribution in [0.25, 0.3) is 0 Å². The van der Waals surface area contributed by atoms with Crippen LogP contribution >= 0.6 is 0 Å². The Labute approximate surface area is 103 Å². The lowest BCUT2D eigenvalue weighted by molar-refractivity contribution is -0.430. The highest BCUT2D eigenvalue weighted by atomic mass is 16.9. The summed E-state index contributed by atoms with van der Waals surface area (Å²) in [7, 11) is 1.23. The molecule has 3 N–H and O–H groups in total. The molecule has 7 nitrogen and oxygen atoms in total. The second kappa shape index (κ2) is 3.88. The highest BCUT2D eigenvalue weighted by Gasteiger charge is 2.67. The molecule has 2 saturated heterocycles. The summed E-state index contributed by atoms with van der Waals surface area (Å²) >= 11 is 0. The molecule has 3 aliphatic rings. The van der Waals surface area contributed by atoms with Gasteiger partial charge in [0.15, 0.2) is 6.29 Å². The van der Waals surface area contributed by atoms with Gasteiger partial charge < -0.3 is 24.8 Å². The predicted molar refractivity (Wildman–Crippen MR) is 54.6 cm³/mol. The molecule has 18 heavy (non-hydrogen) atoms. The van der Waals surface area contributed by atoms with Crippen LogP contribution in [-0.2, 0) is 19.0 Å². The van der Waals surface area contributed by atoms with E-state index in [4.69, 9.17) is 9.47 Å². The van der Waals surface area contributed by atoms with Gasteiger partial charge in [-0.25, -0.2) is 0 Å². The van der Waals surface area contributed by atoms with Crippen LogP contribution in [0.2, 0.25) is 0 Å². The Morgan fingerprint density at radius 1 is 1.39 bits per heavy atom. The van der Waals surface area contributed by atoms with Gasteiger partial charge in [-0.1, -0.05) is 0 Å². The summed E-state index contributed by atoms with van der Waals surface area (Å²) in [5, 5.41) is 30.0. The molecule has 0 amide bonds. The van der Waals surface area contributed by atoms with Crippen molar-refractivity contribution < 1.29 is 34.3 Å². The molecule has 1 aliphatic carbocycles. The Hall–Kier alpha value is -0.730. The highest BCUT2D eigenvalue weighted by molar-refractivity contribution is 5.73. The predicted octanol–water partition coefficient (Wildman–Crippen LogP) is -1.59. The van der Waals surface area contributed by atoms with Crippen LogP contribution in [0.3, 0.4) is 0 Å². The first-order valence-corrected chi connectivity index (χ1v) is 5.96. The minimum absolute atomic E-state index is 0.152. The lowest BCUT2D eigenvalue weighted by Gasteiger charge is -2.42. The smallest absolute Gasteiger partial charge is 0.314 e. The second-order valence-electron chi connectivity index (χ2n) is 5.16. The third-order valence-corrected chi connectivity index (χ3v) is 4.37. The van der Waals surface area contributed by atoms with E-state index in [1.807, 2.05) is 0 Å². The van der Waals surface area contributed by atoms with Crippen LogP contribution in [0.15, 0.2) is 0 Å². The van der Waals surface area contributed by atoms with Gasteiger partial charge in [0.2, 0.25) is 0 Å². The fourth-order valence-corrected chi connectivity index (χ4v) is 3.59. The molecule has 1 saturated carbocycles. The quantitative estimate of drug-likeness (QED) is 0.488. The molecule has 3 unspecified atom stereocenters. The molecule has 0 spiro atoms. The van der Waals surface area contributed by atoms with Gasteiger partial charge in [0, 0.05) is 5.92 Å². The molecule has 2 aliphatic heterocycles. The zero-order chi connectivity index (χ0) is 13.1. The molecule has 3 fully saturated rings. The molecule has 7 atom stereocenters. The van der Waals surface area contributed by atoms with Crippen LogP contribution in [-0.4, -0.2) is 53.4 Å². The minimum Gasteiger partial charge on any atom is -0.469 e. The maximum absolute atomic E-state index is 11.7. The summed E-state index contributed by atoms with van der Waals surface area (Å²) in [5.74, 6) is -4.61. The van der Waals surface area contributed by atoms with Gasteiger partial charge in [-0.05, 0) is 12.3 Å². The van der Waals surface area contributed by atoms with Crippen molar-refractivity contribution in [1.29, 1.82) is 0 Å². The second-order valence-corrected chi connectivity index (χ2v) is 5.16. The van der Waals surface area contributed by atoms with E-state index < -0.39 is 42.1 Å². The molecule has 0 aromatic heterocycles. The number of ether oxygens (including phenoxy) is 3. The van der Waals surface area contributed by atoms with Gasteiger partial charge in [-0.3, -0.25) is 9.53 Å². The first-order chi connectivity index (χ1) is 8.48. The molecular formula is C11H16O7. The summed E-state index contributed by atoms with van der Waals surface area (Å²) < 4.78 is 14.8. The van der Waals surface area contributed by atoms with Gasteiger partial charge in [0.05, 0.1) is 25.7 Å². The van der Waals surface area contributed by atoms with Crippen molar-refractivity contribution in [2.24, 2.45) is 23.7 Å². The number of methoxy groups -OCH3 is 1. The van der Waals surface area contributed by atoms with Crippen molar-refractivity contribution in [2.75, 3.05) is 13.7 Å². The Balaban J connectivity index is 1.96. The summed E-state index contributed by atoms with van der Waals surface area (Å²) in [6.45, 7) is 0.152. The largest absolute Gasteiger partial charge is 0.469 e. The summed E-state index contributed by atoms with van der Waals surface area (Å²) in [5.41, 5.74) is 0. The number of hydrogen-bond donors (Lipinski definition) is 3. The number of carbonyl (C=O) groups is 1. The lowest BCUT2D eigenvalue weighted by atomic mass is 9.78. The average molecular weight is 260 g/mol. The summed E-state index contributed by atoms with van der Waals surface area (Å²) in [6, 6.07) is 0. The van der Waals surface area contributed by atoms with Crippen molar-refractivity contribution in [1.82, 2.24) is 0 Å². The van der Waals surface area contributed by atoms with Gasteiger partial charge in [0.1, 0.15) is 5.92 Å². The van der Waals surface area contributed by atoms with Gasteiger partial charge in [-0.2, -0.15) is 0 Å². The highest BCUT2D eigenvalue weighted by Crippen LogP contribution is 2.56. The number of esters is 1. The fourth-order valence-electron chi connectivity index (χ4n) is 3.59. The van der Waals surface area contributed by atoms with Gasteiger partial charge in [0.25, 0.3) is 5.97 Å². The number of aliphatic hydroxyl groups excluding tert-OH is 2.